The van der Waals surface area contributed by atoms with Gasteiger partial charge in [0.25, 0.3) is 0 Å². The lowest BCUT2D eigenvalue weighted by Crippen LogP contribution is -2.13. The van der Waals surface area contributed by atoms with Crippen LogP contribution >= 0.6 is 0 Å². The van der Waals surface area contributed by atoms with E-state index in [1.54, 1.807) is 0 Å². The van der Waals surface area contributed by atoms with E-state index in [9.17, 15) is 0 Å². The zero-order chi connectivity index (χ0) is 14.4. The summed E-state index contributed by atoms with van der Waals surface area (Å²) in [6.45, 7) is 10.0. The van der Waals surface area contributed by atoms with E-state index in [4.69, 9.17) is 0 Å². The van der Waals surface area contributed by atoms with Crippen LogP contribution in [0.4, 0.5) is 0 Å². The highest BCUT2D eigenvalue weighted by Gasteiger charge is 2.10. The third-order valence-electron chi connectivity index (χ3n) is 3.90. The standard InChI is InChI=1S/C18H28N2/c1-4-8-15(3)13-20-14-16(12-19-11-5-2)17-9-6-7-10-18(17)20/h6-7,9-10,14-15,19H,4-5,8,11-13H2,1-3H3. The average molecular weight is 272 g/mol. The highest BCUT2D eigenvalue weighted by molar-refractivity contribution is 5.83. The number of benzene rings is 1. The first-order valence-electron chi connectivity index (χ1n) is 8.03. The lowest BCUT2D eigenvalue weighted by atomic mass is 10.1. The maximum Gasteiger partial charge on any atom is 0.0483 e. The van der Waals surface area contributed by atoms with Crippen LogP contribution in [-0.2, 0) is 13.1 Å². The fraction of sp³-hybridized carbons (Fsp3) is 0.556. The quantitative estimate of drug-likeness (QED) is 0.696. The monoisotopic (exact) mass is 272 g/mol. The Morgan fingerprint density at radius 1 is 1.15 bits per heavy atom. The summed E-state index contributed by atoms with van der Waals surface area (Å²) >= 11 is 0. The van der Waals surface area contributed by atoms with Gasteiger partial charge in [0.15, 0.2) is 0 Å². The second-order valence-corrected chi connectivity index (χ2v) is 5.89. The van der Waals surface area contributed by atoms with Gasteiger partial charge in [0.1, 0.15) is 0 Å². The molecule has 1 atom stereocenters. The predicted molar refractivity (Wildman–Crippen MR) is 88.0 cm³/mol. The molecular weight excluding hydrogens is 244 g/mol. The normalized spacial score (nSPS) is 12.9. The lowest BCUT2D eigenvalue weighted by Gasteiger charge is -2.12. The van der Waals surface area contributed by atoms with Crippen molar-refractivity contribution in [3.8, 4) is 0 Å². The Morgan fingerprint density at radius 2 is 1.95 bits per heavy atom. The lowest BCUT2D eigenvalue weighted by molar-refractivity contribution is 0.452. The molecule has 0 amide bonds. The summed E-state index contributed by atoms with van der Waals surface area (Å²) in [6.07, 6.45) is 6.10. The van der Waals surface area contributed by atoms with Gasteiger partial charge in [0.05, 0.1) is 0 Å². The molecule has 2 heteroatoms. The van der Waals surface area contributed by atoms with Crippen molar-refractivity contribution in [3.63, 3.8) is 0 Å². The van der Waals surface area contributed by atoms with Crippen LogP contribution < -0.4 is 5.32 Å². The Bertz CT molecular complexity index is 527. The minimum Gasteiger partial charge on any atom is -0.347 e. The number of hydrogen-bond acceptors (Lipinski definition) is 1. The molecule has 0 fully saturated rings. The van der Waals surface area contributed by atoms with E-state index in [1.807, 2.05) is 0 Å². The maximum absolute atomic E-state index is 3.52. The van der Waals surface area contributed by atoms with Crippen molar-refractivity contribution in [3.05, 3.63) is 36.0 Å². The number of nitrogens with one attached hydrogen (secondary N) is 1. The van der Waals surface area contributed by atoms with Crippen molar-refractivity contribution in [1.29, 1.82) is 0 Å². The molecule has 110 valence electrons. The molecule has 1 aromatic carbocycles. The van der Waals surface area contributed by atoms with Crippen molar-refractivity contribution in [2.24, 2.45) is 5.92 Å². The Labute approximate surface area is 123 Å². The highest BCUT2D eigenvalue weighted by Crippen LogP contribution is 2.23. The van der Waals surface area contributed by atoms with Gasteiger partial charge in [-0.05, 0) is 36.9 Å². The Hall–Kier alpha value is -1.28. The van der Waals surface area contributed by atoms with Crippen LogP contribution in [0.15, 0.2) is 30.5 Å². The topological polar surface area (TPSA) is 17.0 Å². The second kappa shape index (κ2) is 7.49. The summed E-state index contributed by atoms with van der Waals surface area (Å²) in [5.41, 5.74) is 2.81. The summed E-state index contributed by atoms with van der Waals surface area (Å²) < 4.78 is 2.44. The van der Waals surface area contributed by atoms with Gasteiger partial charge in [-0.3, -0.25) is 0 Å². The van der Waals surface area contributed by atoms with Gasteiger partial charge < -0.3 is 9.88 Å². The summed E-state index contributed by atoms with van der Waals surface area (Å²) in [4.78, 5) is 0. The van der Waals surface area contributed by atoms with Gasteiger partial charge in [-0.25, -0.2) is 0 Å². The van der Waals surface area contributed by atoms with Gasteiger partial charge in [-0.15, -0.1) is 0 Å². The Morgan fingerprint density at radius 3 is 2.70 bits per heavy atom. The van der Waals surface area contributed by atoms with E-state index in [2.05, 4.69) is 61.1 Å². The molecule has 0 saturated heterocycles. The minimum absolute atomic E-state index is 0.743. The van der Waals surface area contributed by atoms with Crippen molar-refractivity contribution >= 4 is 10.9 Å². The zero-order valence-corrected chi connectivity index (χ0v) is 13.2. The third-order valence-corrected chi connectivity index (χ3v) is 3.90. The van der Waals surface area contributed by atoms with Crippen molar-refractivity contribution in [2.75, 3.05) is 6.54 Å². The van der Waals surface area contributed by atoms with Crippen LogP contribution in [0.1, 0.15) is 45.6 Å². The molecular formula is C18H28N2. The SMILES string of the molecule is CCCNCc1cn(CC(C)CCC)c2ccccc12. The largest absolute Gasteiger partial charge is 0.347 e. The van der Waals surface area contributed by atoms with E-state index in [-0.39, 0.29) is 0 Å². The molecule has 0 bridgehead atoms. The summed E-state index contributed by atoms with van der Waals surface area (Å²) in [5.74, 6) is 0.743. The van der Waals surface area contributed by atoms with Crippen LogP contribution in [0.3, 0.4) is 0 Å². The zero-order valence-electron chi connectivity index (χ0n) is 13.2. The molecule has 0 aliphatic rings. The Balaban J connectivity index is 2.21. The third kappa shape index (κ3) is 3.63. The van der Waals surface area contributed by atoms with Crippen LogP contribution in [0, 0.1) is 5.92 Å². The summed E-state index contributed by atoms with van der Waals surface area (Å²) in [7, 11) is 0. The van der Waals surface area contributed by atoms with E-state index in [1.165, 1.54) is 35.7 Å². The molecule has 0 radical (unpaired) electrons. The number of fused-ring (bicyclic) bond motifs is 1. The average Bonchev–Trinajstić information content (AvgIpc) is 2.78. The molecule has 1 heterocycles. The highest BCUT2D eigenvalue weighted by atomic mass is 15.0. The first-order valence-corrected chi connectivity index (χ1v) is 8.03. The predicted octanol–water partition coefficient (Wildman–Crippen LogP) is 4.58. The minimum atomic E-state index is 0.743. The summed E-state index contributed by atoms with van der Waals surface area (Å²) in [6, 6.07) is 8.79. The second-order valence-electron chi connectivity index (χ2n) is 5.89. The van der Waals surface area contributed by atoms with E-state index >= 15 is 0 Å². The number of rotatable bonds is 8. The fourth-order valence-corrected chi connectivity index (χ4v) is 2.93. The fourth-order valence-electron chi connectivity index (χ4n) is 2.93. The van der Waals surface area contributed by atoms with Crippen molar-refractivity contribution < 1.29 is 0 Å². The van der Waals surface area contributed by atoms with E-state index < -0.39 is 0 Å². The van der Waals surface area contributed by atoms with Gasteiger partial charge in [-0.2, -0.15) is 0 Å². The smallest absolute Gasteiger partial charge is 0.0483 e. The van der Waals surface area contributed by atoms with Crippen LogP contribution in [0.25, 0.3) is 10.9 Å². The molecule has 1 N–H and O–H groups in total. The molecule has 0 spiro atoms. The number of para-hydroxylation sites is 1. The van der Waals surface area contributed by atoms with Gasteiger partial charge in [-0.1, -0.05) is 45.4 Å². The molecule has 0 aliphatic carbocycles. The molecule has 1 aromatic heterocycles. The van der Waals surface area contributed by atoms with Gasteiger partial charge >= 0.3 is 0 Å². The Kier molecular flexibility index (Phi) is 5.66. The number of hydrogen-bond donors (Lipinski definition) is 1. The first-order chi connectivity index (χ1) is 9.76. The van der Waals surface area contributed by atoms with E-state index in [0.717, 1.165) is 25.6 Å². The van der Waals surface area contributed by atoms with Gasteiger partial charge in [0.2, 0.25) is 0 Å². The van der Waals surface area contributed by atoms with E-state index in [0.29, 0.717) is 0 Å². The first kappa shape index (κ1) is 15.1. The van der Waals surface area contributed by atoms with Crippen LogP contribution in [0.2, 0.25) is 0 Å². The molecule has 0 aliphatic heterocycles. The molecule has 0 saturated carbocycles. The van der Waals surface area contributed by atoms with Crippen molar-refractivity contribution in [1.82, 2.24) is 9.88 Å². The molecule has 1 unspecified atom stereocenters. The number of nitrogens with zero attached hydrogens (tertiary/aromatic N) is 1. The van der Waals surface area contributed by atoms with Crippen LogP contribution in [0.5, 0.6) is 0 Å². The van der Waals surface area contributed by atoms with Crippen molar-refractivity contribution in [2.45, 2.75) is 53.1 Å². The molecule has 2 rings (SSSR count). The maximum atomic E-state index is 3.52. The van der Waals surface area contributed by atoms with Gasteiger partial charge in [0, 0.05) is 30.2 Å². The van der Waals surface area contributed by atoms with Crippen LogP contribution in [-0.4, -0.2) is 11.1 Å². The molecule has 20 heavy (non-hydrogen) atoms. The molecule has 2 aromatic rings. The number of aromatic nitrogens is 1. The molecule has 2 nitrogen and oxygen atoms in total. The summed E-state index contributed by atoms with van der Waals surface area (Å²) in [5, 5.41) is 4.92.